The van der Waals surface area contributed by atoms with E-state index >= 15 is 0 Å². The van der Waals surface area contributed by atoms with Gasteiger partial charge in [0.2, 0.25) is 0 Å². The smallest absolute Gasteiger partial charge is 0.0615 e. The third-order valence-corrected chi connectivity index (χ3v) is 2.84. The molecule has 1 N–H and O–H groups in total. The molecule has 1 aliphatic carbocycles. The summed E-state index contributed by atoms with van der Waals surface area (Å²) in [6.07, 6.45) is 2.30. The summed E-state index contributed by atoms with van der Waals surface area (Å²) in [7, 11) is 2.10. The van der Waals surface area contributed by atoms with Crippen LogP contribution in [0.5, 0.6) is 0 Å². The molecule has 1 rings (SSSR count). The average Bonchev–Trinajstić information content (AvgIpc) is 2.64. The van der Waals surface area contributed by atoms with Gasteiger partial charge in [-0.2, -0.15) is 0 Å². The van der Waals surface area contributed by atoms with Gasteiger partial charge in [-0.15, -0.1) is 0 Å². The molecule has 0 unspecified atom stereocenters. The monoisotopic (exact) mass is 157 g/mol. The van der Waals surface area contributed by atoms with Crippen LogP contribution in [0.25, 0.3) is 0 Å². The lowest BCUT2D eigenvalue weighted by Crippen LogP contribution is -2.48. The maximum atomic E-state index is 9.15. The van der Waals surface area contributed by atoms with Gasteiger partial charge in [-0.05, 0) is 40.7 Å². The summed E-state index contributed by atoms with van der Waals surface area (Å²) in [4.78, 5) is 2.29. The molecule has 66 valence electrons. The van der Waals surface area contributed by atoms with Crippen LogP contribution in [-0.4, -0.2) is 34.7 Å². The van der Waals surface area contributed by atoms with E-state index in [4.69, 9.17) is 5.11 Å². The lowest BCUT2D eigenvalue weighted by atomic mass is 10.0. The fourth-order valence-corrected chi connectivity index (χ4v) is 1.46. The Morgan fingerprint density at radius 1 is 1.36 bits per heavy atom. The van der Waals surface area contributed by atoms with E-state index in [0.29, 0.717) is 6.61 Å². The van der Waals surface area contributed by atoms with E-state index in [1.54, 1.807) is 0 Å². The first-order valence-electron chi connectivity index (χ1n) is 4.27. The first-order valence-corrected chi connectivity index (χ1v) is 4.27. The largest absolute Gasteiger partial charge is 0.394 e. The minimum atomic E-state index is 0.123. The summed E-state index contributed by atoms with van der Waals surface area (Å²) in [5.41, 5.74) is 0.303. The van der Waals surface area contributed by atoms with Crippen molar-refractivity contribution in [3.63, 3.8) is 0 Å². The predicted molar refractivity (Wildman–Crippen MR) is 46.6 cm³/mol. The van der Waals surface area contributed by atoms with E-state index in [-0.39, 0.29) is 11.1 Å². The van der Waals surface area contributed by atoms with Crippen molar-refractivity contribution >= 4 is 0 Å². The normalized spacial score (nSPS) is 22.4. The van der Waals surface area contributed by atoms with Crippen LogP contribution in [0.2, 0.25) is 0 Å². The summed E-state index contributed by atoms with van der Waals surface area (Å²) in [6, 6.07) is 0. The van der Waals surface area contributed by atoms with Crippen LogP contribution in [0, 0.1) is 0 Å². The third kappa shape index (κ3) is 1.57. The van der Waals surface area contributed by atoms with Crippen LogP contribution in [0.4, 0.5) is 0 Å². The van der Waals surface area contributed by atoms with Gasteiger partial charge in [0.1, 0.15) is 0 Å². The lowest BCUT2D eigenvalue weighted by Gasteiger charge is -2.38. The summed E-state index contributed by atoms with van der Waals surface area (Å²) >= 11 is 0. The lowest BCUT2D eigenvalue weighted by molar-refractivity contribution is 0.0560. The van der Waals surface area contributed by atoms with Gasteiger partial charge in [-0.1, -0.05) is 0 Å². The first kappa shape index (κ1) is 9.01. The topological polar surface area (TPSA) is 23.5 Å². The van der Waals surface area contributed by atoms with Crippen molar-refractivity contribution < 1.29 is 5.11 Å². The minimum Gasteiger partial charge on any atom is -0.394 e. The molecule has 0 radical (unpaired) electrons. The molecule has 0 amide bonds. The summed E-state index contributed by atoms with van der Waals surface area (Å²) in [5.74, 6) is 0. The molecule has 1 saturated carbocycles. The molecule has 2 nitrogen and oxygen atoms in total. The van der Waals surface area contributed by atoms with Gasteiger partial charge in [-0.3, -0.25) is 4.90 Å². The highest BCUT2D eigenvalue weighted by molar-refractivity contribution is 5.05. The molecule has 0 spiro atoms. The quantitative estimate of drug-likeness (QED) is 0.652. The van der Waals surface area contributed by atoms with Gasteiger partial charge < -0.3 is 5.11 Å². The maximum Gasteiger partial charge on any atom is 0.0615 e. The number of hydrogen-bond acceptors (Lipinski definition) is 2. The van der Waals surface area contributed by atoms with Gasteiger partial charge >= 0.3 is 0 Å². The zero-order valence-electron chi connectivity index (χ0n) is 8.02. The van der Waals surface area contributed by atoms with Crippen molar-refractivity contribution in [2.24, 2.45) is 0 Å². The summed E-state index contributed by atoms with van der Waals surface area (Å²) in [5, 5.41) is 9.15. The molecular weight excluding hydrogens is 138 g/mol. The molecule has 0 aromatic carbocycles. The highest BCUT2D eigenvalue weighted by Gasteiger charge is 2.48. The molecule has 1 aliphatic rings. The SMILES string of the molecule is CN(C(C)(C)C)C1(CO)CC1. The van der Waals surface area contributed by atoms with Crippen molar-refractivity contribution in [3.8, 4) is 0 Å². The molecule has 0 aromatic heterocycles. The highest BCUT2D eigenvalue weighted by Crippen LogP contribution is 2.43. The Bertz CT molecular complexity index is 144. The molecule has 0 saturated heterocycles. The fourth-order valence-electron chi connectivity index (χ4n) is 1.46. The van der Waals surface area contributed by atoms with Crippen molar-refractivity contribution in [1.29, 1.82) is 0 Å². The second kappa shape index (κ2) is 2.46. The second-order valence-electron chi connectivity index (χ2n) is 4.61. The molecule has 0 atom stereocenters. The zero-order valence-corrected chi connectivity index (χ0v) is 8.02. The summed E-state index contributed by atoms with van der Waals surface area (Å²) in [6.45, 7) is 6.86. The Kier molecular flexibility index (Phi) is 2.01. The molecular formula is C9H19NO. The molecule has 1 fully saturated rings. The van der Waals surface area contributed by atoms with E-state index in [1.165, 1.54) is 0 Å². The van der Waals surface area contributed by atoms with Crippen molar-refractivity contribution in [3.05, 3.63) is 0 Å². The summed E-state index contributed by atoms with van der Waals surface area (Å²) < 4.78 is 0. The van der Waals surface area contributed by atoms with E-state index < -0.39 is 0 Å². The number of aliphatic hydroxyl groups is 1. The zero-order chi connectivity index (χ0) is 8.70. The van der Waals surface area contributed by atoms with E-state index in [0.717, 1.165) is 12.8 Å². The van der Waals surface area contributed by atoms with Crippen LogP contribution in [-0.2, 0) is 0 Å². The number of nitrogens with zero attached hydrogens (tertiary/aromatic N) is 1. The molecule has 0 heterocycles. The Morgan fingerprint density at radius 3 is 1.91 bits per heavy atom. The van der Waals surface area contributed by atoms with Crippen LogP contribution < -0.4 is 0 Å². The molecule has 11 heavy (non-hydrogen) atoms. The number of aliphatic hydroxyl groups excluding tert-OH is 1. The minimum absolute atomic E-state index is 0.123. The van der Waals surface area contributed by atoms with E-state index in [2.05, 4.69) is 32.7 Å². The highest BCUT2D eigenvalue weighted by atomic mass is 16.3. The van der Waals surface area contributed by atoms with Crippen molar-refractivity contribution in [1.82, 2.24) is 4.90 Å². The molecule has 2 heteroatoms. The van der Waals surface area contributed by atoms with Gasteiger partial charge in [-0.25, -0.2) is 0 Å². The van der Waals surface area contributed by atoms with Gasteiger partial charge in [0, 0.05) is 11.1 Å². The van der Waals surface area contributed by atoms with Crippen LogP contribution in [0.15, 0.2) is 0 Å². The number of hydrogen-bond donors (Lipinski definition) is 1. The number of rotatable bonds is 2. The third-order valence-electron chi connectivity index (χ3n) is 2.84. The molecule has 0 aromatic rings. The molecule has 0 bridgehead atoms. The maximum absolute atomic E-state index is 9.15. The average molecular weight is 157 g/mol. The Labute approximate surface area is 69.2 Å². The second-order valence-corrected chi connectivity index (χ2v) is 4.61. The predicted octanol–water partition coefficient (Wildman–Crippen LogP) is 1.24. The van der Waals surface area contributed by atoms with Crippen molar-refractivity contribution in [2.45, 2.75) is 44.7 Å². The molecule has 0 aliphatic heterocycles. The standard InChI is InChI=1S/C9H19NO/c1-8(2,3)10(4)9(7-11)5-6-9/h11H,5-7H2,1-4H3. The number of likely N-dealkylation sites (N-methyl/N-ethyl adjacent to an activating group) is 1. The van der Waals surface area contributed by atoms with Crippen LogP contribution in [0.1, 0.15) is 33.6 Å². The Balaban J connectivity index is 2.61. The van der Waals surface area contributed by atoms with Gasteiger partial charge in [0.15, 0.2) is 0 Å². The fraction of sp³-hybridized carbons (Fsp3) is 1.00. The Morgan fingerprint density at radius 2 is 1.82 bits per heavy atom. The van der Waals surface area contributed by atoms with Crippen LogP contribution >= 0.6 is 0 Å². The van der Waals surface area contributed by atoms with Crippen LogP contribution in [0.3, 0.4) is 0 Å². The Hall–Kier alpha value is -0.0800. The first-order chi connectivity index (χ1) is 4.92. The van der Waals surface area contributed by atoms with Gasteiger partial charge in [0.05, 0.1) is 6.61 Å². The van der Waals surface area contributed by atoms with Crippen molar-refractivity contribution in [2.75, 3.05) is 13.7 Å². The van der Waals surface area contributed by atoms with E-state index in [9.17, 15) is 0 Å². The van der Waals surface area contributed by atoms with E-state index in [1.807, 2.05) is 0 Å². The van der Waals surface area contributed by atoms with Gasteiger partial charge in [0.25, 0.3) is 0 Å².